The molecule has 278 valence electrons. The Hall–Kier alpha value is -3.43. The van der Waals surface area contributed by atoms with Gasteiger partial charge in [-0.15, -0.1) is 11.3 Å². The number of hydrogen-bond acceptors (Lipinski definition) is 9. The van der Waals surface area contributed by atoms with E-state index in [1.807, 2.05) is 71.6 Å². The van der Waals surface area contributed by atoms with E-state index in [0.29, 0.717) is 11.1 Å². The minimum atomic E-state index is -3.56. The van der Waals surface area contributed by atoms with Gasteiger partial charge >= 0.3 is 0 Å². The maximum Gasteiger partial charge on any atom is 0.161 e. The molecule has 2 aromatic heterocycles. The van der Waals surface area contributed by atoms with Crippen LogP contribution >= 0.6 is 22.7 Å². The summed E-state index contributed by atoms with van der Waals surface area (Å²) in [5.41, 5.74) is 2.70. The summed E-state index contributed by atoms with van der Waals surface area (Å²) in [6.45, 7) is 1.97. The van der Waals surface area contributed by atoms with Gasteiger partial charge in [0.25, 0.3) is 0 Å². The third-order valence-electron chi connectivity index (χ3n) is 10.2. The molecule has 52 heavy (non-hydrogen) atoms. The maximum absolute atomic E-state index is 13.1. The van der Waals surface area contributed by atoms with Crippen LogP contribution in [0.2, 0.25) is 0 Å². The molecule has 0 radical (unpaired) electrons. The quantitative estimate of drug-likeness (QED) is 0.140. The Labute approximate surface area is 318 Å². The second kappa shape index (κ2) is 18.1. The van der Waals surface area contributed by atoms with E-state index in [0.717, 1.165) is 85.8 Å². The number of ketones is 2. The molecule has 11 heteroatoms. The van der Waals surface area contributed by atoms with Crippen molar-refractivity contribution in [2.75, 3.05) is 11.5 Å². The Morgan fingerprint density at radius 1 is 0.692 bits per heavy atom. The summed E-state index contributed by atoms with van der Waals surface area (Å²) in [6.07, 6.45) is 9.11. The Bertz CT molecular complexity index is 2010. The monoisotopic (exact) mass is 779 g/mol. The number of Topliss-reactive ketones (excluding diaryl/α,β-unsaturated/α-hetero) is 2. The molecule has 0 aliphatic heterocycles. The van der Waals surface area contributed by atoms with E-state index >= 15 is 0 Å². The Balaban J connectivity index is 0.000000228. The lowest BCUT2D eigenvalue weighted by molar-refractivity contribution is -0.124. The summed E-state index contributed by atoms with van der Waals surface area (Å²) >= 11 is 3.11. The molecular weight excluding hydrogens is 731 g/mol. The van der Waals surface area contributed by atoms with Crippen molar-refractivity contribution in [3.63, 3.8) is 0 Å². The van der Waals surface area contributed by atoms with Crippen molar-refractivity contribution >= 4 is 53.9 Å². The zero-order valence-corrected chi connectivity index (χ0v) is 32.3. The number of nitriles is 1. The van der Waals surface area contributed by atoms with Gasteiger partial charge < -0.3 is 0 Å². The Kier molecular flexibility index (Phi) is 14.4. The molecule has 4 aromatic rings. The summed E-state index contributed by atoms with van der Waals surface area (Å²) in [7, 11) is -7.03. The van der Waals surface area contributed by atoms with E-state index < -0.39 is 36.3 Å². The van der Waals surface area contributed by atoms with Gasteiger partial charge in [0.05, 0.1) is 34.0 Å². The number of carbonyl (C=O) groups excluding carboxylic acids is 2. The number of benzene rings is 2. The zero-order valence-electron chi connectivity index (χ0n) is 29.0. The lowest BCUT2D eigenvalue weighted by Gasteiger charge is -2.35. The molecule has 0 amide bonds. The van der Waals surface area contributed by atoms with Crippen molar-refractivity contribution < 1.29 is 26.4 Å². The van der Waals surface area contributed by atoms with Crippen LogP contribution in [0, 0.1) is 18.3 Å². The number of hydrogen-bond donors (Lipinski definition) is 0. The van der Waals surface area contributed by atoms with Gasteiger partial charge in [0, 0.05) is 4.88 Å². The second-order valence-electron chi connectivity index (χ2n) is 14.0. The highest BCUT2D eigenvalue weighted by Gasteiger charge is 2.44. The average Bonchev–Trinajstić information content (AvgIpc) is 3.86. The molecule has 0 bridgehead atoms. The van der Waals surface area contributed by atoms with Gasteiger partial charge in [-0.2, -0.15) is 16.6 Å². The summed E-state index contributed by atoms with van der Waals surface area (Å²) in [5.74, 6) is -1.34. The molecule has 2 aliphatic carbocycles. The highest BCUT2D eigenvalue weighted by Crippen LogP contribution is 2.43. The molecule has 0 saturated heterocycles. The zero-order chi connectivity index (χ0) is 36.5. The van der Waals surface area contributed by atoms with E-state index in [-0.39, 0.29) is 36.3 Å². The number of rotatable bonds is 12. The van der Waals surface area contributed by atoms with Crippen molar-refractivity contribution in [2.24, 2.45) is 0 Å². The Morgan fingerprint density at radius 3 is 1.65 bits per heavy atom. The van der Waals surface area contributed by atoms with Crippen molar-refractivity contribution in [1.82, 2.24) is 0 Å². The highest BCUT2D eigenvalue weighted by molar-refractivity contribution is 7.91. The SMILES string of the molecule is C.Cc1ccc(CS(=O)(=O)CC(=O)C2(c3ccsc3)CCCCC2)cc1.N#Cc1ccc(CS(=O)(=O)CC(=O)C2(c3cccs3)CCCCC2)cc1. The first-order valence-electron chi connectivity index (χ1n) is 17.5. The van der Waals surface area contributed by atoms with Gasteiger partial charge in [-0.25, -0.2) is 16.8 Å². The molecule has 0 atom stereocenters. The van der Waals surface area contributed by atoms with Crippen LogP contribution in [0.4, 0.5) is 0 Å². The smallest absolute Gasteiger partial charge is 0.161 e. The summed E-state index contributed by atoms with van der Waals surface area (Å²) in [5, 5.41) is 14.8. The molecule has 2 heterocycles. The molecule has 6 rings (SSSR count). The van der Waals surface area contributed by atoms with Crippen LogP contribution in [0.15, 0.2) is 82.9 Å². The molecule has 2 aromatic carbocycles. The highest BCUT2D eigenvalue weighted by atomic mass is 32.2. The van der Waals surface area contributed by atoms with Crippen LogP contribution in [0.1, 0.15) is 104 Å². The van der Waals surface area contributed by atoms with Crippen LogP contribution in [0.25, 0.3) is 0 Å². The summed E-state index contributed by atoms with van der Waals surface area (Å²) in [6, 6.07) is 21.8. The molecule has 0 unspecified atom stereocenters. The third-order valence-corrected chi connectivity index (χ3v) is 14.9. The van der Waals surface area contributed by atoms with Crippen molar-refractivity contribution in [3.8, 4) is 6.07 Å². The lowest BCUT2D eigenvalue weighted by atomic mass is 9.68. The Morgan fingerprint density at radius 2 is 1.19 bits per heavy atom. The van der Waals surface area contributed by atoms with Gasteiger partial charge in [-0.05, 0) is 89.7 Å². The normalized spacial score (nSPS) is 16.7. The van der Waals surface area contributed by atoms with Crippen molar-refractivity contribution in [1.29, 1.82) is 5.26 Å². The minimum absolute atomic E-state index is 0. The number of carbonyl (C=O) groups is 2. The fourth-order valence-corrected chi connectivity index (χ4v) is 12.2. The molecule has 0 N–H and O–H groups in total. The lowest BCUT2D eigenvalue weighted by Crippen LogP contribution is -2.41. The largest absolute Gasteiger partial charge is 0.298 e. The first-order chi connectivity index (χ1) is 24.4. The second-order valence-corrected chi connectivity index (χ2v) is 19.8. The number of aryl methyl sites for hydroxylation is 1. The van der Waals surface area contributed by atoms with Crippen LogP contribution in [0.5, 0.6) is 0 Å². The van der Waals surface area contributed by atoms with E-state index in [1.165, 1.54) is 0 Å². The topological polar surface area (TPSA) is 126 Å². The molecule has 2 fully saturated rings. The predicted molar refractivity (Wildman–Crippen MR) is 212 cm³/mol. The molecule has 7 nitrogen and oxygen atoms in total. The van der Waals surface area contributed by atoms with Gasteiger partial charge in [0.1, 0.15) is 11.5 Å². The van der Waals surface area contributed by atoms with Gasteiger partial charge in [0.15, 0.2) is 31.2 Å². The van der Waals surface area contributed by atoms with Gasteiger partial charge in [0.2, 0.25) is 0 Å². The predicted octanol–water partition coefficient (Wildman–Crippen LogP) is 9.08. The molecule has 0 spiro atoms. The van der Waals surface area contributed by atoms with Crippen LogP contribution in [-0.4, -0.2) is 39.9 Å². The standard InChI is InChI=1S/C20H21NO3S2.C20H24O3S2.CH4/c21-13-16-6-8-17(9-7-16)14-26(23,24)15-18(22)20(10-2-1-3-11-20)19-5-4-12-25-19;1-16-5-7-17(8-6-16)14-25(22,23)15-19(21)20(10-3-2-4-11-20)18-9-12-24-13-18;/h4-9,12H,1-3,10-11,14-15H2;5-9,12-13H,2-4,10-11,14-15H2,1H3;1H4. The van der Waals surface area contributed by atoms with E-state index in [9.17, 15) is 26.4 Å². The fourth-order valence-electron chi connectivity index (χ4n) is 7.43. The maximum atomic E-state index is 13.1. The van der Waals surface area contributed by atoms with Crippen molar-refractivity contribution in [2.45, 2.75) is 101 Å². The minimum Gasteiger partial charge on any atom is -0.298 e. The number of sulfone groups is 2. The van der Waals surface area contributed by atoms with E-state index in [2.05, 4.69) is 0 Å². The fraction of sp³-hybridized carbons (Fsp3) is 0.439. The molecule has 2 saturated carbocycles. The van der Waals surface area contributed by atoms with Crippen LogP contribution < -0.4 is 0 Å². The molecule has 2 aliphatic rings. The number of nitrogens with zero attached hydrogens (tertiary/aromatic N) is 1. The first kappa shape index (κ1) is 41.3. The first-order valence-corrected chi connectivity index (χ1v) is 22.9. The van der Waals surface area contributed by atoms with Crippen LogP contribution in [0.3, 0.4) is 0 Å². The summed E-state index contributed by atoms with van der Waals surface area (Å²) < 4.78 is 50.5. The van der Waals surface area contributed by atoms with E-state index in [4.69, 9.17) is 5.26 Å². The van der Waals surface area contributed by atoms with E-state index in [1.54, 1.807) is 46.9 Å². The third kappa shape index (κ3) is 10.4. The average molecular weight is 780 g/mol. The number of thiophene rings is 2. The van der Waals surface area contributed by atoms with Gasteiger partial charge in [-0.1, -0.05) is 94.0 Å². The van der Waals surface area contributed by atoms with Crippen molar-refractivity contribution in [3.05, 3.63) is 116 Å². The van der Waals surface area contributed by atoms with Gasteiger partial charge in [-0.3, -0.25) is 9.59 Å². The van der Waals surface area contributed by atoms with Crippen LogP contribution in [-0.2, 0) is 51.6 Å². The summed E-state index contributed by atoms with van der Waals surface area (Å²) in [4.78, 5) is 27.2. The molecular formula is C41H49NO6S4.